The third kappa shape index (κ3) is 2.36. The molecule has 2 rings (SSSR count). The second-order valence-corrected chi connectivity index (χ2v) is 4.82. The highest BCUT2D eigenvalue weighted by atomic mass is 32.2. The molecular formula is C11H12N2O2S. The Labute approximate surface area is 97.8 Å². The van der Waals surface area contributed by atoms with Crippen molar-refractivity contribution >= 4 is 23.7 Å². The van der Waals surface area contributed by atoms with Crippen LogP contribution >= 0.6 is 11.8 Å². The van der Waals surface area contributed by atoms with Crippen LogP contribution in [0.2, 0.25) is 0 Å². The van der Waals surface area contributed by atoms with E-state index in [-0.39, 0.29) is 17.2 Å². The summed E-state index contributed by atoms with van der Waals surface area (Å²) in [6, 6.07) is 9.28. The molecule has 84 valence electrons. The second-order valence-electron chi connectivity index (χ2n) is 3.60. The van der Waals surface area contributed by atoms with Gasteiger partial charge in [0, 0.05) is 4.90 Å². The third-order valence-corrected chi connectivity index (χ3v) is 3.71. The van der Waals surface area contributed by atoms with Gasteiger partial charge in [0.15, 0.2) is 0 Å². The predicted octanol–water partition coefficient (Wildman–Crippen LogP) is 1.58. The van der Waals surface area contributed by atoms with Crippen molar-refractivity contribution in [1.29, 1.82) is 0 Å². The molecule has 2 N–H and O–H groups in total. The van der Waals surface area contributed by atoms with Crippen LogP contribution < -0.4 is 10.6 Å². The Morgan fingerprint density at radius 3 is 2.56 bits per heavy atom. The minimum atomic E-state index is -0.420. The fourth-order valence-electron chi connectivity index (χ4n) is 1.43. The lowest BCUT2D eigenvalue weighted by molar-refractivity contribution is -0.124. The van der Waals surface area contributed by atoms with Crippen LogP contribution in [0.4, 0.5) is 4.79 Å². The molecule has 1 saturated heterocycles. The van der Waals surface area contributed by atoms with Gasteiger partial charge in [-0.25, -0.2) is 4.79 Å². The van der Waals surface area contributed by atoms with Crippen LogP contribution in [0.3, 0.4) is 0 Å². The number of thioether (sulfide) groups is 1. The van der Waals surface area contributed by atoms with Crippen molar-refractivity contribution < 1.29 is 9.59 Å². The number of hydrogen-bond acceptors (Lipinski definition) is 3. The highest BCUT2D eigenvalue weighted by Gasteiger charge is 2.32. The van der Waals surface area contributed by atoms with Gasteiger partial charge < -0.3 is 5.32 Å². The molecule has 3 amide bonds. The zero-order valence-corrected chi connectivity index (χ0v) is 9.58. The summed E-state index contributed by atoms with van der Waals surface area (Å²) in [7, 11) is 0. The standard InChI is InChI=1S/C11H12N2O2S/c1-7-9(14)12-11(15)13-10(7)16-8-5-3-2-4-6-8/h2-7,10H,1H3,(H2,12,13,14,15)/t7-,10+/m1/s1. The molecule has 0 aliphatic carbocycles. The van der Waals surface area contributed by atoms with Gasteiger partial charge in [0.05, 0.1) is 11.3 Å². The lowest BCUT2D eigenvalue weighted by Gasteiger charge is -2.28. The Balaban J connectivity index is 2.09. The maximum absolute atomic E-state index is 11.4. The summed E-state index contributed by atoms with van der Waals surface area (Å²) in [5.41, 5.74) is 0. The Bertz CT molecular complexity index is 408. The van der Waals surface area contributed by atoms with E-state index in [1.54, 1.807) is 6.92 Å². The first-order valence-electron chi connectivity index (χ1n) is 5.00. The first kappa shape index (κ1) is 11.0. The van der Waals surface area contributed by atoms with Gasteiger partial charge in [-0.1, -0.05) is 25.1 Å². The summed E-state index contributed by atoms with van der Waals surface area (Å²) in [5, 5.41) is 4.77. The molecule has 1 aromatic carbocycles. The number of nitrogens with one attached hydrogen (secondary N) is 2. The molecule has 0 saturated carbocycles. The van der Waals surface area contributed by atoms with Gasteiger partial charge in [0.1, 0.15) is 0 Å². The maximum atomic E-state index is 11.4. The summed E-state index contributed by atoms with van der Waals surface area (Å²) in [4.78, 5) is 23.6. The number of imide groups is 1. The monoisotopic (exact) mass is 236 g/mol. The first-order chi connectivity index (χ1) is 7.66. The molecule has 0 spiro atoms. The second kappa shape index (κ2) is 4.57. The van der Waals surface area contributed by atoms with Crippen molar-refractivity contribution in [1.82, 2.24) is 10.6 Å². The Hall–Kier alpha value is -1.49. The molecule has 0 radical (unpaired) electrons. The van der Waals surface area contributed by atoms with Gasteiger partial charge in [-0.05, 0) is 12.1 Å². The van der Waals surface area contributed by atoms with Crippen LogP contribution in [0.25, 0.3) is 0 Å². The molecule has 16 heavy (non-hydrogen) atoms. The van der Waals surface area contributed by atoms with Gasteiger partial charge in [0.25, 0.3) is 0 Å². The molecule has 1 fully saturated rings. The van der Waals surface area contributed by atoms with Gasteiger partial charge in [-0.3, -0.25) is 10.1 Å². The van der Waals surface area contributed by atoms with Crippen molar-refractivity contribution in [2.75, 3.05) is 0 Å². The van der Waals surface area contributed by atoms with E-state index < -0.39 is 6.03 Å². The highest BCUT2D eigenvalue weighted by Crippen LogP contribution is 2.27. The largest absolute Gasteiger partial charge is 0.325 e. The van der Waals surface area contributed by atoms with Crippen LogP contribution in [0.15, 0.2) is 35.2 Å². The van der Waals surface area contributed by atoms with E-state index in [9.17, 15) is 9.59 Å². The van der Waals surface area contributed by atoms with Gasteiger partial charge in [0.2, 0.25) is 5.91 Å². The molecule has 0 bridgehead atoms. The lowest BCUT2D eigenvalue weighted by Crippen LogP contribution is -2.55. The van der Waals surface area contributed by atoms with E-state index in [1.807, 2.05) is 30.3 Å². The van der Waals surface area contributed by atoms with Crippen LogP contribution in [0.1, 0.15) is 6.92 Å². The van der Waals surface area contributed by atoms with Crippen LogP contribution in [-0.2, 0) is 4.79 Å². The SMILES string of the molecule is C[C@@H]1C(=O)NC(=O)N[C@H]1Sc1ccccc1. The molecule has 0 unspecified atom stereocenters. The number of rotatable bonds is 2. The number of amides is 3. The Morgan fingerprint density at radius 2 is 1.88 bits per heavy atom. The van der Waals surface area contributed by atoms with E-state index in [1.165, 1.54) is 11.8 Å². The van der Waals surface area contributed by atoms with Crippen LogP contribution in [0.5, 0.6) is 0 Å². The smallest absolute Gasteiger partial charge is 0.322 e. The van der Waals surface area contributed by atoms with E-state index in [0.717, 1.165) is 4.90 Å². The van der Waals surface area contributed by atoms with Crippen LogP contribution in [0, 0.1) is 5.92 Å². The van der Waals surface area contributed by atoms with Crippen molar-refractivity contribution in [3.05, 3.63) is 30.3 Å². The third-order valence-electron chi connectivity index (χ3n) is 2.38. The fourth-order valence-corrected chi connectivity index (χ4v) is 2.53. The molecule has 1 aliphatic heterocycles. The molecule has 5 heteroatoms. The quantitative estimate of drug-likeness (QED) is 0.819. The summed E-state index contributed by atoms with van der Waals surface area (Å²) in [6.07, 6.45) is 0. The van der Waals surface area contributed by atoms with Crippen molar-refractivity contribution in [2.45, 2.75) is 17.2 Å². The van der Waals surface area contributed by atoms with E-state index in [2.05, 4.69) is 10.6 Å². The molecular weight excluding hydrogens is 224 g/mol. The number of urea groups is 1. The average Bonchev–Trinajstić information content (AvgIpc) is 2.27. The van der Waals surface area contributed by atoms with Crippen LogP contribution in [-0.4, -0.2) is 17.3 Å². The summed E-state index contributed by atoms with van der Waals surface area (Å²) in [6.45, 7) is 1.80. The van der Waals surface area contributed by atoms with Gasteiger partial charge in [-0.2, -0.15) is 0 Å². The van der Waals surface area contributed by atoms with Gasteiger partial charge >= 0.3 is 6.03 Å². The topological polar surface area (TPSA) is 58.2 Å². The molecule has 0 aromatic heterocycles. The Morgan fingerprint density at radius 1 is 1.19 bits per heavy atom. The zero-order chi connectivity index (χ0) is 11.5. The van der Waals surface area contributed by atoms with E-state index in [0.29, 0.717) is 0 Å². The normalized spacial score (nSPS) is 24.8. The summed E-state index contributed by atoms with van der Waals surface area (Å²) in [5.74, 6) is -0.458. The van der Waals surface area contributed by atoms with Gasteiger partial charge in [-0.15, -0.1) is 11.8 Å². The number of hydrogen-bond donors (Lipinski definition) is 2. The van der Waals surface area contributed by atoms with E-state index in [4.69, 9.17) is 0 Å². The fraction of sp³-hybridized carbons (Fsp3) is 0.273. The van der Waals surface area contributed by atoms with Crippen molar-refractivity contribution in [3.8, 4) is 0 Å². The van der Waals surface area contributed by atoms with E-state index >= 15 is 0 Å². The molecule has 1 heterocycles. The number of benzene rings is 1. The Kier molecular flexibility index (Phi) is 3.14. The molecule has 1 aliphatic rings. The molecule has 1 aromatic rings. The zero-order valence-electron chi connectivity index (χ0n) is 8.77. The maximum Gasteiger partial charge on any atom is 0.322 e. The summed E-state index contributed by atoms with van der Waals surface area (Å²) >= 11 is 1.49. The predicted molar refractivity (Wildman–Crippen MR) is 61.9 cm³/mol. The first-order valence-corrected chi connectivity index (χ1v) is 5.88. The lowest BCUT2D eigenvalue weighted by atomic mass is 10.1. The summed E-state index contributed by atoms with van der Waals surface area (Å²) < 4.78 is 0. The number of carbonyl (C=O) groups is 2. The molecule has 2 atom stereocenters. The van der Waals surface area contributed by atoms with Crippen molar-refractivity contribution in [3.63, 3.8) is 0 Å². The highest BCUT2D eigenvalue weighted by molar-refractivity contribution is 8.00. The number of carbonyl (C=O) groups excluding carboxylic acids is 2. The molecule has 4 nitrogen and oxygen atoms in total. The minimum Gasteiger partial charge on any atom is -0.325 e. The van der Waals surface area contributed by atoms with Crippen molar-refractivity contribution in [2.24, 2.45) is 5.92 Å². The minimum absolute atomic E-state index is 0.205. The average molecular weight is 236 g/mol.